The van der Waals surface area contributed by atoms with Gasteiger partial charge in [0, 0.05) is 47.6 Å². The van der Waals surface area contributed by atoms with Crippen molar-refractivity contribution >= 4 is 75.5 Å². The molecule has 0 saturated heterocycles. The fraction of sp³-hybridized carbons (Fsp3) is 0.364. The fourth-order valence-electron chi connectivity index (χ4n) is 4.07. The molecule has 4 nitrogen and oxygen atoms in total. The minimum absolute atomic E-state index is 0.0872. The molecular weight excluding hydrogens is 540 g/mol. The summed E-state index contributed by atoms with van der Waals surface area (Å²) in [6.45, 7) is 0. The van der Waals surface area contributed by atoms with Crippen LogP contribution in [0.4, 0.5) is 14.5 Å². The van der Waals surface area contributed by atoms with Gasteiger partial charge in [-0.05, 0) is 42.0 Å². The first kappa shape index (κ1) is 24.8. The smallest absolute Gasteiger partial charge is 0.255 e. The summed E-state index contributed by atoms with van der Waals surface area (Å²) in [6.07, 6.45) is -0.791. The standard InChI is InChI=1S/C22H17Cl5F2N2O2/c1-31(14-8-21(28,29)9-14)20(33)15-7-13(2-3-16(15)25)30-19(32)18-17(22(18,26)27)10-4-11(23)6-12(24)5-10/h2-7,14,17-18H,8-9H2,1H3,(H,30,32). The van der Waals surface area contributed by atoms with Gasteiger partial charge in [-0.15, -0.1) is 23.2 Å². The highest BCUT2D eigenvalue weighted by Gasteiger charge is 2.67. The third kappa shape index (κ3) is 4.92. The van der Waals surface area contributed by atoms with Crippen LogP contribution >= 0.6 is 58.0 Å². The van der Waals surface area contributed by atoms with Crippen molar-refractivity contribution in [1.29, 1.82) is 0 Å². The molecule has 2 atom stereocenters. The quantitative estimate of drug-likeness (QED) is 0.402. The lowest BCUT2D eigenvalue weighted by Gasteiger charge is -2.40. The highest BCUT2D eigenvalue weighted by molar-refractivity contribution is 6.53. The van der Waals surface area contributed by atoms with Gasteiger partial charge in [-0.25, -0.2) is 8.78 Å². The summed E-state index contributed by atoms with van der Waals surface area (Å²) in [6, 6.07) is 8.63. The van der Waals surface area contributed by atoms with E-state index in [1.807, 2.05) is 0 Å². The molecule has 2 amide bonds. The molecule has 176 valence electrons. The summed E-state index contributed by atoms with van der Waals surface area (Å²) in [5.74, 6) is -5.06. The highest BCUT2D eigenvalue weighted by atomic mass is 35.5. The van der Waals surface area contributed by atoms with E-state index < -0.39 is 52.8 Å². The van der Waals surface area contributed by atoms with Gasteiger partial charge in [0.1, 0.15) is 4.33 Å². The van der Waals surface area contributed by atoms with Crippen molar-refractivity contribution in [2.45, 2.75) is 35.1 Å². The van der Waals surface area contributed by atoms with Gasteiger partial charge in [-0.3, -0.25) is 9.59 Å². The molecule has 0 bridgehead atoms. The van der Waals surface area contributed by atoms with Crippen molar-refractivity contribution in [2.24, 2.45) is 5.92 Å². The van der Waals surface area contributed by atoms with Crippen molar-refractivity contribution in [2.75, 3.05) is 12.4 Å². The van der Waals surface area contributed by atoms with E-state index in [1.165, 1.54) is 30.1 Å². The average Bonchev–Trinajstić information content (AvgIpc) is 3.28. The molecule has 2 aromatic rings. The van der Waals surface area contributed by atoms with Gasteiger partial charge in [-0.1, -0.05) is 34.8 Å². The summed E-state index contributed by atoms with van der Waals surface area (Å²) in [5, 5.41) is 3.62. The first-order valence-electron chi connectivity index (χ1n) is 9.89. The van der Waals surface area contributed by atoms with Crippen LogP contribution < -0.4 is 5.32 Å². The third-order valence-corrected chi connectivity index (χ3v) is 7.69. The van der Waals surface area contributed by atoms with Crippen LogP contribution in [-0.2, 0) is 4.79 Å². The van der Waals surface area contributed by atoms with Crippen molar-refractivity contribution in [1.82, 2.24) is 4.90 Å². The van der Waals surface area contributed by atoms with E-state index in [-0.39, 0.29) is 10.6 Å². The number of alkyl halides is 4. The maximum Gasteiger partial charge on any atom is 0.255 e. The van der Waals surface area contributed by atoms with E-state index in [1.54, 1.807) is 18.2 Å². The lowest BCUT2D eigenvalue weighted by molar-refractivity contribution is -0.117. The zero-order valence-corrected chi connectivity index (χ0v) is 20.8. The number of anilines is 1. The van der Waals surface area contributed by atoms with E-state index in [2.05, 4.69) is 5.32 Å². The minimum Gasteiger partial charge on any atom is -0.338 e. The molecule has 0 radical (unpaired) electrons. The number of benzene rings is 2. The molecule has 2 aromatic carbocycles. The summed E-state index contributed by atoms with van der Waals surface area (Å²) >= 11 is 31.0. The maximum absolute atomic E-state index is 13.2. The Morgan fingerprint density at radius 2 is 1.64 bits per heavy atom. The number of carbonyl (C=O) groups excluding carboxylic acids is 2. The van der Waals surface area contributed by atoms with Gasteiger partial charge >= 0.3 is 0 Å². The topological polar surface area (TPSA) is 49.4 Å². The van der Waals surface area contributed by atoms with Crippen molar-refractivity contribution < 1.29 is 18.4 Å². The van der Waals surface area contributed by atoms with E-state index in [4.69, 9.17) is 58.0 Å². The second-order valence-corrected chi connectivity index (χ2v) is 11.1. The lowest BCUT2D eigenvalue weighted by Crippen LogP contribution is -2.51. The molecule has 33 heavy (non-hydrogen) atoms. The number of rotatable bonds is 5. The Morgan fingerprint density at radius 1 is 1.03 bits per heavy atom. The second-order valence-electron chi connectivity index (χ2n) is 8.35. The number of nitrogens with zero attached hydrogens (tertiary/aromatic N) is 1. The number of hydrogen-bond donors (Lipinski definition) is 1. The molecule has 1 N–H and O–H groups in total. The first-order valence-corrected chi connectivity index (χ1v) is 11.8. The Morgan fingerprint density at radius 3 is 2.21 bits per heavy atom. The number of halogens is 7. The minimum atomic E-state index is -2.76. The van der Waals surface area contributed by atoms with Crippen LogP contribution in [0.1, 0.15) is 34.7 Å². The molecule has 2 aliphatic carbocycles. The molecule has 0 aromatic heterocycles. The Bertz CT molecular complexity index is 1120. The van der Waals surface area contributed by atoms with Crippen LogP contribution in [0.3, 0.4) is 0 Å². The zero-order chi connectivity index (χ0) is 24.3. The Hall–Kier alpha value is -1.31. The molecule has 11 heteroatoms. The van der Waals surface area contributed by atoms with Crippen LogP contribution in [0, 0.1) is 5.92 Å². The predicted octanol–water partition coefficient (Wildman–Crippen LogP) is 7.04. The zero-order valence-electron chi connectivity index (χ0n) is 17.0. The van der Waals surface area contributed by atoms with Crippen LogP contribution in [-0.4, -0.2) is 40.1 Å². The van der Waals surface area contributed by atoms with Gasteiger partial charge in [0.05, 0.1) is 16.5 Å². The van der Waals surface area contributed by atoms with Crippen LogP contribution in [0.2, 0.25) is 15.1 Å². The van der Waals surface area contributed by atoms with Crippen LogP contribution in [0.5, 0.6) is 0 Å². The molecule has 0 spiro atoms. The van der Waals surface area contributed by atoms with Crippen LogP contribution in [0.25, 0.3) is 0 Å². The Kier molecular flexibility index (Phi) is 6.56. The Labute approximate surface area is 214 Å². The molecule has 2 unspecified atom stereocenters. The first-order chi connectivity index (χ1) is 15.3. The molecule has 4 rings (SSSR count). The predicted molar refractivity (Wildman–Crippen MR) is 127 cm³/mol. The maximum atomic E-state index is 13.2. The van der Waals surface area contributed by atoms with Gasteiger partial charge in [0.15, 0.2) is 0 Å². The van der Waals surface area contributed by atoms with Crippen molar-refractivity contribution in [3.05, 3.63) is 62.6 Å². The van der Waals surface area contributed by atoms with E-state index in [0.29, 0.717) is 21.3 Å². The van der Waals surface area contributed by atoms with Gasteiger partial charge in [-0.2, -0.15) is 0 Å². The molecular formula is C22H17Cl5F2N2O2. The molecule has 0 heterocycles. The normalized spacial score (nSPS) is 22.9. The average molecular weight is 557 g/mol. The molecule has 2 aliphatic rings. The number of carbonyl (C=O) groups is 2. The molecule has 0 aliphatic heterocycles. The van der Waals surface area contributed by atoms with E-state index in [9.17, 15) is 18.4 Å². The summed E-state index contributed by atoms with van der Waals surface area (Å²) in [4.78, 5) is 27.0. The Balaban J connectivity index is 1.49. The van der Waals surface area contributed by atoms with E-state index >= 15 is 0 Å². The fourth-order valence-corrected chi connectivity index (χ4v) is 5.64. The molecule has 2 saturated carbocycles. The van der Waals surface area contributed by atoms with Gasteiger partial charge in [0.2, 0.25) is 5.91 Å². The second kappa shape index (κ2) is 8.72. The summed E-state index contributed by atoms with van der Waals surface area (Å²) in [5.41, 5.74) is 1.01. The van der Waals surface area contributed by atoms with Gasteiger partial charge in [0.25, 0.3) is 11.8 Å². The van der Waals surface area contributed by atoms with Crippen molar-refractivity contribution in [3.63, 3.8) is 0 Å². The number of nitrogens with one attached hydrogen (secondary N) is 1. The SMILES string of the molecule is CN(C(=O)c1cc(NC(=O)C2C(c3cc(Cl)cc(Cl)c3)C2(Cl)Cl)ccc1Cl)C1CC(F)(F)C1. The van der Waals surface area contributed by atoms with Gasteiger partial charge < -0.3 is 10.2 Å². The highest BCUT2D eigenvalue weighted by Crippen LogP contribution is 2.65. The monoisotopic (exact) mass is 554 g/mol. The van der Waals surface area contributed by atoms with E-state index in [0.717, 1.165) is 0 Å². The third-order valence-electron chi connectivity index (χ3n) is 5.98. The molecule has 2 fully saturated rings. The summed E-state index contributed by atoms with van der Waals surface area (Å²) in [7, 11) is 1.45. The van der Waals surface area contributed by atoms with Crippen LogP contribution in [0.15, 0.2) is 36.4 Å². The van der Waals surface area contributed by atoms with Crippen molar-refractivity contribution in [3.8, 4) is 0 Å². The summed E-state index contributed by atoms with van der Waals surface area (Å²) < 4.78 is 25.0. The lowest BCUT2D eigenvalue weighted by atomic mass is 9.87. The number of hydrogen-bond acceptors (Lipinski definition) is 2. The number of amides is 2. The largest absolute Gasteiger partial charge is 0.338 e.